The van der Waals surface area contributed by atoms with Crippen LogP contribution in [0.2, 0.25) is 0 Å². The van der Waals surface area contributed by atoms with Crippen LogP contribution in [0, 0.1) is 11.8 Å². The second-order valence-corrected chi connectivity index (χ2v) is 9.69. The predicted octanol–water partition coefficient (Wildman–Crippen LogP) is 3.10. The van der Waals surface area contributed by atoms with E-state index in [1.165, 1.54) is 19.3 Å². The first-order valence-electron chi connectivity index (χ1n) is 12.6. The molecule has 180 valence electrons. The Morgan fingerprint density at radius 3 is 2.69 bits per heavy atom. The molecule has 0 aromatic carbocycles. The number of rotatable bonds is 5. The van der Waals surface area contributed by atoms with Gasteiger partial charge >= 0.3 is 5.97 Å². The summed E-state index contributed by atoms with van der Waals surface area (Å²) >= 11 is 0. The molecule has 0 bridgehead atoms. The van der Waals surface area contributed by atoms with Crippen molar-refractivity contribution in [3.63, 3.8) is 0 Å². The van der Waals surface area contributed by atoms with Gasteiger partial charge in [0.2, 0.25) is 11.8 Å². The van der Waals surface area contributed by atoms with Crippen LogP contribution < -0.4 is 5.32 Å². The van der Waals surface area contributed by atoms with E-state index < -0.39 is 5.92 Å². The molecule has 3 atom stereocenters. The molecule has 7 nitrogen and oxygen atoms in total. The first-order chi connectivity index (χ1) is 15.6. The Morgan fingerprint density at radius 1 is 1.09 bits per heavy atom. The number of hydrogen-bond acceptors (Lipinski definition) is 5. The highest BCUT2D eigenvalue weighted by Gasteiger charge is 2.32. The maximum atomic E-state index is 13.2. The van der Waals surface area contributed by atoms with Gasteiger partial charge < -0.3 is 20.1 Å². The van der Waals surface area contributed by atoms with Gasteiger partial charge in [0, 0.05) is 19.4 Å². The fraction of sp³-hybridized carbons (Fsp3) is 0.800. The quantitative estimate of drug-likeness (QED) is 0.498. The lowest BCUT2D eigenvalue weighted by Gasteiger charge is -2.29. The van der Waals surface area contributed by atoms with Crippen molar-refractivity contribution < 1.29 is 24.2 Å². The molecule has 2 N–H and O–H groups in total. The van der Waals surface area contributed by atoms with E-state index >= 15 is 0 Å². The van der Waals surface area contributed by atoms with Gasteiger partial charge in [-0.1, -0.05) is 44.3 Å². The molecule has 3 aliphatic rings. The second kappa shape index (κ2) is 13.0. The largest absolute Gasteiger partial charge is 0.463 e. The molecule has 3 unspecified atom stereocenters. The van der Waals surface area contributed by atoms with Crippen molar-refractivity contribution in [2.24, 2.45) is 11.8 Å². The zero-order valence-electron chi connectivity index (χ0n) is 19.3. The summed E-state index contributed by atoms with van der Waals surface area (Å²) in [6.45, 7) is 0.819. The lowest BCUT2D eigenvalue weighted by molar-refractivity contribution is -0.145. The Labute approximate surface area is 191 Å². The van der Waals surface area contributed by atoms with Crippen LogP contribution in [-0.4, -0.2) is 59.6 Å². The van der Waals surface area contributed by atoms with Gasteiger partial charge in [0.05, 0.1) is 24.6 Å². The summed E-state index contributed by atoms with van der Waals surface area (Å²) in [4.78, 5) is 40.0. The minimum absolute atomic E-state index is 0.0304. The van der Waals surface area contributed by atoms with Crippen LogP contribution in [0.5, 0.6) is 0 Å². The number of esters is 1. The van der Waals surface area contributed by atoms with Crippen LogP contribution in [0.3, 0.4) is 0 Å². The van der Waals surface area contributed by atoms with Gasteiger partial charge in [-0.25, -0.2) is 0 Å². The van der Waals surface area contributed by atoms with Crippen molar-refractivity contribution in [1.82, 2.24) is 10.2 Å². The van der Waals surface area contributed by atoms with E-state index in [4.69, 9.17) is 4.74 Å². The summed E-state index contributed by atoms with van der Waals surface area (Å²) in [5, 5.41) is 12.7. The zero-order valence-corrected chi connectivity index (χ0v) is 19.3. The molecular weight excluding hydrogens is 408 g/mol. The monoisotopic (exact) mass is 448 g/mol. The van der Waals surface area contributed by atoms with Gasteiger partial charge in [0.25, 0.3) is 0 Å². The third-order valence-corrected chi connectivity index (χ3v) is 7.17. The third kappa shape index (κ3) is 7.61. The minimum Gasteiger partial charge on any atom is -0.463 e. The van der Waals surface area contributed by atoms with Gasteiger partial charge in [0.1, 0.15) is 6.61 Å². The van der Waals surface area contributed by atoms with Crippen molar-refractivity contribution in [3.05, 3.63) is 12.2 Å². The normalized spacial score (nSPS) is 28.9. The van der Waals surface area contributed by atoms with Gasteiger partial charge in [0.15, 0.2) is 0 Å². The number of carbonyl (C=O) groups excluding carboxylic acids is 3. The average Bonchev–Trinajstić information content (AvgIpc) is 3.28. The van der Waals surface area contributed by atoms with E-state index in [-0.39, 0.29) is 49.5 Å². The van der Waals surface area contributed by atoms with E-state index in [1.54, 1.807) is 4.90 Å². The summed E-state index contributed by atoms with van der Waals surface area (Å²) in [5.74, 6) is -0.327. The van der Waals surface area contributed by atoms with Crippen LogP contribution in [0.4, 0.5) is 0 Å². The molecule has 2 amide bonds. The van der Waals surface area contributed by atoms with Crippen molar-refractivity contribution in [2.45, 2.75) is 95.6 Å². The van der Waals surface area contributed by atoms with Crippen molar-refractivity contribution >= 4 is 17.8 Å². The summed E-state index contributed by atoms with van der Waals surface area (Å²) < 4.78 is 5.50. The molecule has 2 heterocycles. The molecule has 1 saturated heterocycles. The maximum Gasteiger partial charge on any atom is 0.305 e. The number of nitrogens with zero attached hydrogens (tertiary/aromatic N) is 1. The molecule has 7 heteroatoms. The predicted molar refractivity (Wildman–Crippen MR) is 122 cm³/mol. The van der Waals surface area contributed by atoms with Crippen LogP contribution in [0.15, 0.2) is 12.2 Å². The molecule has 32 heavy (non-hydrogen) atoms. The Morgan fingerprint density at radius 2 is 1.91 bits per heavy atom. The fourth-order valence-electron chi connectivity index (χ4n) is 5.29. The Bertz CT molecular complexity index is 659. The number of carbonyl (C=O) groups is 3. The number of likely N-dealkylation sites (tertiary alicyclic amines) is 1. The number of ether oxygens (including phenoxy) is 1. The van der Waals surface area contributed by atoms with E-state index in [2.05, 4.69) is 5.32 Å². The van der Waals surface area contributed by atoms with Gasteiger partial charge in [-0.2, -0.15) is 0 Å². The number of allylic oxidation sites excluding steroid dienone is 2. The van der Waals surface area contributed by atoms with Gasteiger partial charge in [-0.15, -0.1) is 0 Å². The van der Waals surface area contributed by atoms with Crippen molar-refractivity contribution in [3.8, 4) is 0 Å². The van der Waals surface area contributed by atoms with E-state index in [1.807, 2.05) is 12.2 Å². The molecule has 2 fully saturated rings. The number of amides is 2. The smallest absolute Gasteiger partial charge is 0.305 e. The van der Waals surface area contributed by atoms with Crippen LogP contribution in [-0.2, 0) is 19.1 Å². The standard InChI is InChI=1S/C25H40N2O5/c28-17-22-12-8-14-27(22)23(29)16-20-11-6-1-2-7-13-24(30)32-18-21(26-25(20)31)15-19-9-4-3-5-10-19/h1,6,19-22,28H,2-5,7-18H2,(H,26,31). The summed E-state index contributed by atoms with van der Waals surface area (Å²) in [6, 6.07) is -0.344. The minimum atomic E-state index is -0.455. The highest BCUT2D eigenvalue weighted by Crippen LogP contribution is 2.28. The molecule has 3 rings (SSSR count). The number of aliphatic hydroxyl groups excluding tert-OH is 1. The second-order valence-electron chi connectivity index (χ2n) is 9.69. The molecule has 0 aromatic rings. The SMILES string of the molecule is O=C1CCCC=CCC(CC(=O)N2CCCC2CO)C(=O)NC(CC2CCCCC2)CO1. The summed E-state index contributed by atoms with van der Waals surface area (Å²) in [5.41, 5.74) is 0. The number of aliphatic hydroxyl groups is 1. The van der Waals surface area contributed by atoms with Crippen molar-refractivity contribution in [2.75, 3.05) is 19.8 Å². The molecule has 1 aliphatic carbocycles. The van der Waals surface area contributed by atoms with Crippen LogP contribution in [0.25, 0.3) is 0 Å². The zero-order chi connectivity index (χ0) is 22.8. The molecule has 1 saturated carbocycles. The molecule has 0 aromatic heterocycles. The van der Waals surface area contributed by atoms with E-state index in [9.17, 15) is 19.5 Å². The third-order valence-electron chi connectivity index (χ3n) is 7.17. The summed E-state index contributed by atoms with van der Waals surface area (Å²) in [6.07, 6.45) is 15.0. The number of cyclic esters (lactones) is 1. The Hall–Kier alpha value is -1.89. The van der Waals surface area contributed by atoms with Crippen LogP contribution >= 0.6 is 0 Å². The average molecular weight is 449 g/mol. The maximum absolute atomic E-state index is 13.2. The number of nitrogens with one attached hydrogen (secondary N) is 1. The molecule has 0 radical (unpaired) electrons. The highest BCUT2D eigenvalue weighted by atomic mass is 16.5. The summed E-state index contributed by atoms with van der Waals surface area (Å²) in [7, 11) is 0. The Kier molecular flexibility index (Phi) is 10.0. The topological polar surface area (TPSA) is 95.9 Å². The van der Waals surface area contributed by atoms with Gasteiger partial charge in [-0.3, -0.25) is 14.4 Å². The number of hydrogen-bond donors (Lipinski definition) is 2. The molecule has 2 aliphatic heterocycles. The van der Waals surface area contributed by atoms with Crippen molar-refractivity contribution in [1.29, 1.82) is 0 Å². The molecule has 0 spiro atoms. The van der Waals surface area contributed by atoms with E-state index in [0.29, 0.717) is 25.3 Å². The van der Waals surface area contributed by atoms with E-state index in [0.717, 1.165) is 44.9 Å². The highest BCUT2D eigenvalue weighted by molar-refractivity contribution is 5.86. The lowest BCUT2D eigenvalue weighted by Crippen LogP contribution is -2.45. The first-order valence-corrected chi connectivity index (χ1v) is 12.6. The molecular formula is C25H40N2O5. The lowest BCUT2D eigenvalue weighted by atomic mass is 9.84. The van der Waals surface area contributed by atoms with Crippen LogP contribution in [0.1, 0.15) is 83.5 Å². The first kappa shape index (κ1) is 24.7. The Balaban J connectivity index is 1.67. The fourth-order valence-corrected chi connectivity index (χ4v) is 5.29. The van der Waals surface area contributed by atoms with Gasteiger partial charge in [-0.05, 0) is 44.4 Å².